The molecule has 0 aromatic carbocycles. The van der Waals surface area contributed by atoms with Gasteiger partial charge in [-0.1, -0.05) is 0 Å². The topological polar surface area (TPSA) is 131 Å². The van der Waals surface area contributed by atoms with Gasteiger partial charge in [0.25, 0.3) is 0 Å². The Morgan fingerprint density at radius 2 is 1.62 bits per heavy atom. The molecule has 0 saturated heterocycles. The third-order valence-electron chi connectivity index (χ3n) is 1.92. The SMILES string of the molecule is CCOOP(=O)(NCCSP(=O)(O)OOCCCOC)OOCC. The van der Waals surface area contributed by atoms with Crippen LogP contribution in [-0.4, -0.2) is 50.7 Å². The summed E-state index contributed by atoms with van der Waals surface area (Å²) in [6.07, 6.45) is 0.523. The Hall–Kier alpha value is 0.450. The molecule has 0 aliphatic heterocycles. The van der Waals surface area contributed by atoms with Gasteiger partial charge in [0.1, 0.15) is 0 Å². The Bertz CT molecular complexity index is 390. The van der Waals surface area contributed by atoms with Crippen LogP contribution in [0.4, 0.5) is 0 Å². The molecule has 0 amide bonds. The van der Waals surface area contributed by atoms with E-state index in [-0.39, 0.29) is 32.1 Å². The van der Waals surface area contributed by atoms with Crippen LogP contribution >= 0.6 is 25.9 Å². The van der Waals surface area contributed by atoms with Crippen molar-refractivity contribution in [3.05, 3.63) is 0 Å². The lowest BCUT2D eigenvalue weighted by Crippen LogP contribution is -2.18. The number of methoxy groups -OCH3 is 1. The monoisotopic (exact) mass is 413 g/mol. The zero-order chi connectivity index (χ0) is 18.3. The highest BCUT2D eigenvalue weighted by Crippen LogP contribution is 2.55. The fourth-order valence-electron chi connectivity index (χ4n) is 1.04. The first-order valence-corrected chi connectivity index (χ1v) is 11.8. The van der Waals surface area contributed by atoms with Gasteiger partial charge < -0.3 is 9.63 Å². The summed E-state index contributed by atoms with van der Waals surface area (Å²) < 4.78 is 42.2. The second-order valence-electron chi connectivity index (χ2n) is 3.91. The third-order valence-corrected chi connectivity index (χ3v) is 5.85. The summed E-state index contributed by atoms with van der Waals surface area (Å²) in [6.45, 7) is 0.147. The molecule has 14 heteroatoms. The van der Waals surface area contributed by atoms with Crippen molar-refractivity contribution in [2.45, 2.75) is 20.3 Å². The van der Waals surface area contributed by atoms with E-state index in [2.05, 4.69) is 33.8 Å². The molecule has 0 fully saturated rings. The first kappa shape index (κ1) is 24.5. The summed E-state index contributed by atoms with van der Waals surface area (Å²) in [7, 11) is -2.30. The summed E-state index contributed by atoms with van der Waals surface area (Å²) in [5.74, 6) is 0.0597. The minimum atomic E-state index is -3.99. The molecule has 0 spiro atoms. The minimum Gasteiger partial charge on any atom is -0.385 e. The van der Waals surface area contributed by atoms with Crippen molar-refractivity contribution in [3.63, 3.8) is 0 Å². The quantitative estimate of drug-likeness (QED) is 0.157. The number of rotatable bonds is 17. The summed E-state index contributed by atoms with van der Waals surface area (Å²) in [5, 5.41) is 2.42. The molecule has 0 aromatic heterocycles. The first-order chi connectivity index (χ1) is 11.4. The first-order valence-electron chi connectivity index (χ1n) is 7.14. The zero-order valence-electron chi connectivity index (χ0n) is 13.9. The van der Waals surface area contributed by atoms with Crippen molar-refractivity contribution in [1.82, 2.24) is 5.09 Å². The van der Waals surface area contributed by atoms with E-state index < -0.39 is 14.5 Å². The molecule has 1 unspecified atom stereocenters. The zero-order valence-corrected chi connectivity index (χ0v) is 16.5. The van der Waals surface area contributed by atoms with Crippen LogP contribution in [0.1, 0.15) is 20.3 Å². The maximum Gasteiger partial charge on any atom is 0.459 e. The lowest BCUT2D eigenvalue weighted by molar-refractivity contribution is -0.265. The van der Waals surface area contributed by atoms with Gasteiger partial charge in [-0.3, -0.25) is 0 Å². The standard InChI is InChI=1S/C10H25NO10P2S/c1-4-16-19-22(12,20-17-5-2)11-7-10-24-23(13,14)21-18-9-6-8-15-3/h4-10H2,1-3H3,(H,11,12)(H,13,14). The molecule has 0 aliphatic carbocycles. The summed E-state index contributed by atoms with van der Waals surface area (Å²) in [5.41, 5.74) is 0. The van der Waals surface area contributed by atoms with Gasteiger partial charge in [-0.15, -0.1) is 14.0 Å². The lowest BCUT2D eigenvalue weighted by Gasteiger charge is -2.16. The highest BCUT2D eigenvalue weighted by molar-refractivity contribution is 8.54. The highest BCUT2D eigenvalue weighted by atomic mass is 32.7. The van der Waals surface area contributed by atoms with Crippen LogP contribution in [0.3, 0.4) is 0 Å². The molecular formula is C10H25NO10P2S. The van der Waals surface area contributed by atoms with E-state index in [0.717, 1.165) is 0 Å². The van der Waals surface area contributed by atoms with Crippen LogP contribution < -0.4 is 5.09 Å². The fourth-order valence-corrected chi connectivity index (χ4v) is 4.10. The van der Waals surface area contributed by atoms with E-state index in [4.69, 9.17) is 4.74 Å². The number of ether oxygens (including phenoxy) is 1. The maximum absolute atomic E-state index is 12.1. The number of hydrogen-bond donors (Lipinski definition) is 2. The van der Waals surface area contributed by atoms with Crippen molar-refractivity contribution in [1.29, 1.82) is 0 Å². The molecule has 2 N–H and O–H groups in total. The molecule has 24 heavy (non-hydrogen) atoms. The Balaban J connectivity index is 4.03. The van der Waals surface area contributed by atoms with Gasteiger partial charge in [0.2, 0.25) is 0 Å². The molecule has 0 aliphatic rings. The Morgan fingerprint density at radius 1 is 1.00 bits per heavy atom. The predicted molar refractivity (Wildman–Crippen MR) is 86.8 cm³/mol. The molecule has 0 rings (SSSR count). The molecule has 1 atom stereocenters. The van der Waals surface area contributed by atoms with E-state index >= 15 is 0 Å². The van der Waals surface area contributed by atoms with Crippen molar-refractivity contribution in [2.24, 2.45) is 0 Å². The van der Waals surface area contributed by atoms with Crippen LogP contribution in [0.2, 0.25) is 0 Å². The van der Waals surface area contributed by atoms with Gasteiger partial charge in [0.15, 0.2) is 0 Å². The Labute approximate surface area is 145 Å². The highest BCUT2D eigenvalue weighted by Gasteiger charge is 2.28. The largest absolute Gasteiger partial charge is 0.459 e. The van der Waals surface area contributed by atoms with Gasteiger partial charge in [-0.2, -0.15) is 0 Å². The van der Waals surface area contributed by atoms with Gasteiger partial charge in [-0.05, 0) is 31.7 Å². The van der Waals surface area contributed by atoms with Crippen molar-refractivity contribution in [2.75, 3.05) is 45.8 Å². The van der Waals surface area contributed by atoms with E-state index in [1.807, 2.05) is 0 Å². The molecular weight excluding hydrogens is 388 g/mol. The number of hydrogen-bond acceptors (Lipinski definition) is 10. The second-order valence-corrected chi connectivity index (χ2v) is 9.43. The van der Waals surface area contributed by atoms with Crippen LogP contribution in [0, 0.1) is 0 Å². The van der Waals surface area contributed by atoms with E-state index in [0.29, 0.717) is 24.4 Å². The second kappa shape index (κ2) is 14.6. The third kappa shape index (κ3) is 13.7. The van der Waals surface area contributed by atoms with Crippen LogP contribution in [-0.2, 0) is 42.6 Å². The van der Waals surface area contributed by atoms with E-state index in [1.165, 1.54) is 7.11 Å². The molecule has 0 saturated carbocycles. The summed E-state index contributed by atoms with van der Waals surface area (Å²) in [4.78, 5) is 23.3. The van der Waals surface area contributed by atoms with Crippen LogP contribution in [0.15, 0.2) is 0 Å². The smallest absolute Gasteiger partial charge is 0.385 e. The average molecular weight is 413 g/mol. The Kier molecular flexibility index (Phi) is 14.9. The van der Waals surface area contributed by atoms with Gasteiger partial charge in [0, 0.05) is 26.0 Å². The molecule has 0 aromatic rings. The van der Waals surface area contributed by atoms with Crippen molar-refractivity contribution >= 4 is 25.9 Å². The molecule has 0 heterocycles. The minimum absolute atomic E-state index is 0.000320. The normalized spacial score (nSPS) is 14.7. The van der Waals surface area contributed by atoms with Crippen molar-refractivity contribution < 1.29 is 47.4 Å². The van der Waals surface area contributed by atoms with Crippen LogP contribution in [0.25, 0.3) is 0 Å². The van der Waals surface area contributed by atoms with Gasteiger partial charge >= 0.3 is 14.5 Å². The molecule has 0 bridgehead atoms. The average Bonchev–Trinajstić information content (AvgIpc) is 2.55. The fraction of sp³-hybridized carbons (Fsp3) is 1.00. The summed E-state index contributed by atoms with van der Waals surface area (Å²) in [6, 6.07) is 0. The van der Waals surface area contributed by atoms with Crippen molar-refractivity contribution in [3.8, 4) is 0 Å². The van der Waals surface area contributed by atoms with Crippen LogP contribution in [0.5, 0.6) is 0 Å². The van der Waals surface area contributed by atoms with Gasteiger partial charge in [-0.25, -0.2) is 28.9 Å². The Morgan fingerprint density at radius 3 is 2.17 bits per heavy atom. The lowest BCUT2D eigenvalue weighted by atomic mass is 10.5. The maximum atomic E-state index is 12.1. The van der Waals surface area contributed by atoms with E-state index in [9.17, 15) is 14.0 Å². The van der Waals surface area contributed by atoms with Gasteiger partial charge in [0.05, 0.1) is 19.8 Å². The van der Waals surface area contributed by atoms with E-state index in [1.54, 1.807) is 13.8 Å². The predicted octanol–water partition coefficient (Wildman–Crippen LogP) is 2.44. The number of nitrogens with one attached hydrogen (secondary N) is 1. The molecule has 0 radical (unpaired) electrons. The molecule has 11 nitrogen and oxygen atoms in total. The molecule has 146 valence electrons. The summed E-state index contributed by atoms with van der Waals surface area (Å²) >= 11 is 0.587.